The van der Waals surface area contributed by atoms with Gasteiger partial charge >= 0.3 is 0 Å². The van der Waals surface area contributed by atoms with Gasteiger partial charge in [0.1, 0.15) is 5.76 Å². The topological polar surface area (TPSA) is 55.6 Å². The molecule has 0 unspecified atom stereocenters. The summed E-state index contributed by atoms with van der Waals surface area (Å²) in [6.45, 7) is 3.79. The molecule has 2 heterocycles. The molecule has 24 heavy (non-hydrogen) atoms. The number of amides is 1. The van der Waals surface area contributed by atoms with Crippen molar-refractivity contribution in [3.63, 3.8) is 0 Å². The van der Waals surface area contributed by atoms with Crippen LogP contribution in [0.3, 0.4) is 0 Å². The quantitative estimate of drug-likeness (QED) is 0.817. The zero-order chi connectivity index (χ0) is 16.8. The van der Waals surface area contributed by atoms with Gasteiger partial charge in [-0.25, -0.2) is 4.98 Å². The van der Waals surface area contributed by atoms with E-state index in [1.54, 1.807) is 0 Å². The summed E-state index contributed by atoms with van der Waals surface area (Å²) in [6, 6.07) is 10.5. The number of nitrogens with zero attached hydrogens (tertiary/aromatic N) is 2. The molecule has 128 valence electrons. The van der Waals surface area contributed by atoms with Crippen molar-refractivity contribution < 1.29 is 13.9 Å². The van der Waals surface area contributed by atoms with Crippen LogP contribution < -0.4 is 0 Å². The number of ether oxygens (including phenoxy) is 1. The Morgan fingerprint density at radius 3 is 2.96 bits per heavy atom. The second-order valence-corrected chi connectivity index (χ2v) is 6.10. The molecular weight excluding hydrogens is 304 g/mol. The molecule has 1 saturated heterocycles. The number of hydrogen-bond donors (Lipinski definition) is 0. The van der Waals surface area contributed by atoms with Crippen molar-refractivity contribution in [3.05, 3.63) is 53.7 Å². The van der Waals surface area contributed by atoms with Crippen molar-refractivity contribution in [3.8, 4) is 0 Å². The van der Waals surface area contributed by atoms with E-state index in [9.17, 15) is 4.79 Å². The molecule has 1 aliphatic rings. The number of morpholine rings is 1. The van der Waals surface area contributed by atoms with Crippen molar-refractivity contribution in [2.24, 2.45) is 0 Å². The Hall–Kier alpha value is -2.14. The fraction of sp³-hybridized carbons (Fsp3) is 0.474. The number of carbonyl (C=O) groups is 1. The van der Waals surface area contributed by atoms with E-state index in [4.69, 9.17) is 9.15 Å². The van der Waals surface area contributed by atoms with Gasteiger partial charge in [0, 0.05) is 19.5 Å². The summed E-state index contributed by atoms with van der Waals surface area (Å²) in [5.41, 5.74) is 1.79. The Morgan fingerprint density at radius 1 is 1.33 bits per heavy atom. The Bertz CT molecular complexity index is 654. The number of hydrogen-bond acceptors (Lipinski definition) is 4. The van der Waals surface area contributed by atoms with Gasteiger partial charge in [-0.1, -0.05) is 37.3 Å². The molecule has 1 atom stereocenters. The molecule has 0 spiro atoms. The maximum Gasteiger partial charge on any atom is 0.276 e. The molecule has 2 aromatic rings. The molecule has 5 heteroatoms. The highest BCUT2D eigenvalue weighted by Gasteiger charge is 2.27. The number of carbonyl (C=O) groups excluding carboxylic acids is 1. The highest BCUT2D eigenvalue weighted by Crippen LogP contribution is 2.17. The standard InChI is InChI=1S/C19H24N2O3/c1-2-17-18(20-14-24-17)19(22)21-11-12-23-16(13-21)10-6-9-15-7-4-3-5-8-15/h3-5,7-8,14,16H,2,6,9-13H2,1H3/t16-/m0/s1. The van der Waals surface area contributed by atoms with Crippen molar-refractivity contribution in [2.75, 3.05) is 19.7 Å². The molecule has 1 amide bonds. The van der Waals surface area contributed by atoms with Gasteiger partial charge in [0.05, 0.1) is 12.7 Å². The van der Waals surface area contributed by atoms with Gasteiger partial charge in [-0.2, -0.15) is 0 Å². The van der Waals surface area contributed by atoms with Gasteiger partial charge < -0.3 is 14.1 Å². The molecule has 0 radical (unpaired) electrons. The van der Waals surface area contributed by atoms with Gasteiger partial charge in [-0.05, 0) is 24.8 Å². The summed E-state index contributed by atoms with van der Waals surface area (Å²) in [5.74, 6) is 0.615. The molecule has 0 aliphatic carbocycles. The summed E-state index contributed by atoms with van der Waals surface area (Å²) < 4.78 is 11.1. The predicted octanol–water partition coefficient (Wildman–Crippen LogP) is 3.10. The molecule has 0 saturated carbocycles. The molecule has 0 bridgehead atoms. The summed E-state index contributed by atoms with van der Waals surface area (Å²) >= 11 is 0. The molecule has 1 aromatic heterocycles. The first-order chi connectivity index (χ1) is 11.8. The van der Waals surface area contributed by atoms with Gasteiger partial charge in [0.2, 0.25) is 0 Å². The number of aromatic nitrogens is 1. The van der Waals surface area contributed by atoms with Crippen LogP contribution in [0.2, 0.25) is 0 Å². The minimum atomic E-state index is -0.0445. The first kappa shape index (κ1) is 16.7. The maximum atomic E-state index is 12.6. The van der Waals surface area contributed by atoms with E-state index in [1.807, 2.05) is 17.9 Å². The highest BCUT2D eigenvalue weighted by molar-refractivity contribution is 5.93. The minimum absolute atomic E-state index is 0.0445. The van der Waals surface area contributed by atoms with Gasteiger partial charge in [-0.3, -0.25) is 4.79 Å². The summed E-state index contributed by atoms with van der Waals surface area (Å²) in [7, 11) is 0. The average molecular weight is 328 g/mol. The summed E-state index contributed by atoms with van der Waals surface area (Å²) in [6.07, 6.45) is 5.18. The molecule has 1 aliphatic heterocycles. The van der Waals surface area contributed by atoms with Crippen LogP contribution in [0.15, 0.2) is 41.1 Å². The Kier molecular flexibility index (Phi) is 5.64. The lowest BCUT2D eigenvalue weighted by Gasteiger charge is -2.32. The Balaban J connectivity index is 1.51. The van der Waals surface area contributed by atoms with Crippen molar-refractivity contribution in [2.45, 2.75) is 38.7 Å². The lowest BCUT2D eigenvalue weighted by molar-refractivity contribution is -0.0257. The molecule has 1 fully saturated rings. The van der Waals surface area contributed by atoms with E-state index in [-0.39, 0.29) is 12.0 Å². The largest absolute Gasteiger partial charge is 0.448 e. The Morgan fingerprint density at radius 2 is 2.17 bits per heavy atom. The molecule has 1 aromatic carbocycles. The van der Waals surface area contributed by atoms with Crippen LogP contribution in [-0.2, 0) is 17.6 Å². The minimum Gasteiger partial charge on any atom is -0.448 e. The smallest absolute Gasteiger partial charge is 0.276 e. The van der Waals surface area contributed by atoms with Crippen molar-refractivity contribution in [1.29, 1.82) is 0 Å². The Labute approximate surface area is 142 Å². The van der Waals surface area contributed by atoms with Gasteiger partial charge in [0.25, 0.3) is 5.91 Å². The molecule has 5 nitrogen and oxygen atoms in total. The van der Waals surface area contributed by atoms with E-state index >= 15 is 0 Å². The van der Waals surface area contributed by atoms with Crippen LogP contribution in [0, 0.1) is 0 Å². The van der Waals surface area contributed by atoms with Crippen LogP contribution in [-0.4, -0.2) is 41.6 Å². The summed E-state index contributed by atoms with van der Waals surface area (Å²) in [5, 5.41) is 0. The van der Waals surface area contributed by atoms with Crippen LogP contribution >= 0.6 is 0 Å². The van der Waals surface area contributed by atoms with E-state index in [2.05, 4.69) is 29.2 Å². The highest BCUT2D eigenvalue weighted by atomic mass is 16.5. The molecular formula is C19H24N2O3. The van der Waals surface area contributed by atoms with Crippen LogP contribution in [0.25, 0.3) is 0 Å². The van der Waals surface area contributed by atoms with Crippen LogP contribution in [0.4, 0.5) is 0 Å². The molecule has 0 N–H and O–H groups in total. The zero-order valence-electron chi connectivity index (χ0n) is 14.1. The first-order valence-electron chi connectivity index (χ1n) is 8.65. The number of oxazole rings is 1. The summed E-state index contributed by atoms with van der Waals surface area (Å²) in [4.78, 5) is 18.6. The lowest BCUT2D eigenvalue weighted by Crippen LogP contribution is -2.46. The SMILES string of the molecule is CCc1ocnc1C(=O)N1CCO[C@@H](CCCc2ccccc2)C1. The first-order valence-corrected chi connectivity index (χ1v) is 8.65. The van der Waals surface area contributed by atoms with E-state index in [0.717, 1.165) is 19.3 Å². The lowest BCUT2D eigenvalue weighted by atomic mass is 10.0. The molecule has 3 rings (SSSR count). The van der Waals surface area contributed by atoms with Gasteiger partial charge in [0.15, 0.2) is 12.1 Å². The maximum absolute atomic E-state index is 12.6. The van der Waals surface area contributed by atoms with E-state index in [1.165, 1.54) is 12.0 Å². The fourth-order valence-electron chi connectivity index (χ4n) is 3.10. The van der Waals surface area contributed by atoms with Gasteiger partial charge in [-0.15, -0.1) is 0 Å². The number of benzene rings is 1. The van der Waals surface area contributed by atoms with Crippen LogP contribution in [0.1, 0.15) is 41.6 Å². The van der Waals surface area contributed by atoms with Crippen LogP contribution in [0.5, 0.6) is 0 Å². The second kappa shape index (κ2) is 8.11. The second-order valence-electron chi connectivity index (χ2n) is 6.10. The normalized spacial score (nSPS) is 17.9. The predicted molar refractivity (Wildman–Crippen MR) is 90.9 cm³/mol. The number of aryl methyl sites for hydroxylation is 2. The van der Waals surface area contributed by atoms with Crippen molar-refractivity contribution in [1.82, 2.24) is 9.88 Å². The van der Waals surface area contributed by atoms with Crippen molar-refractivity contribution >= 4 is 5.91 Å². The third-order valence-electron chi connectivity index (χ3n) is 4.42. The third kappa shape index (κ3) is 4.03. The monoisotopic (exact) mass is 328 g/mol. The zero-order valence-corrected chi connectivity index (χ0v) is 14.1. The third-order valence-corrected chi connectivity index (χ3v) is 4.42. The van der Waals surface area contributed by atoms with E-state index < -0.39 is 0 Å². The fourth-order valence-corrected chi connectivity index (χ4v) is 3.10. The van der Waals surface area contributed by atoms with E-state index in [0.29, 0.717) is 37.6 Å². The number of rotatable bonds is 6. The average Bonchev–Trinajstić information content (AvgIpc) is 3.11.